The van der Waals surface area contributed by atoms with Gasteiger partial charge in [-0.25, -0.2) is 18.1 Å². The number of nitrogens with zero attached hydrogens (tertiary/aromatic N) is 1. The van der Waals surface area contributed by atoms with Crippen molar-refractivity contribution in [3.63, 3.8) is 0 Å². The average Bonchev–Trinajstić information content (AvgIpc) is 3.38. The molecule has 9 heteroatoms. The summed E-state index contributed by atoms with van der Waals surface area (Å²) in [5, 5.41) is 6.01. The summed E-state index contributed by atoms with van der Waals surface area (Å²) in [7, 11) is -3.67. The first-order chi connectivity index (χ1) is 13.9. The van der Waals surface area contributed by atoms with Gasteiger partial charge in [0, 0.05) is 23.2 Å². The van der Waals surface area contributed by atoms with E-state index in [2.05, 4.69) is 15.0 Å². The molecular formula is C20H23N3O4S2. The van der Waals surface area contributed by atoms with Crippen LogP contribution in [0.3, 0.4) is 0 Å². The van der Waals surface area contributed by atoms with Gasteiger partial charge in [-0.1, -0.05) is 0 Å². The topological polar surface area (TPSA) is 101 Å². The second kappa shape index (κ2) is 9.82. The van der Waals surface area contributed by atoms with Gasteiger partial charge in [-0.15, -0.1) is 11.3 Å². The van der Waals surface area contributed by atoms with E-state index in [0.717, 1.165) is 30.0 Å². The summed E-state index contributed by atoms with van der Waals surface area (Å²) in [6.45, 7) is 2.61. The molecule has 1 aromatic carbocycles. The fourth-order valence-corrected chi connectivity index (χ4v) is 4.48. The van der Waals surface area contributed by atoms with Crippen LogP contribution >= 0.6 is 11.3 Å². The van der Waals surface area contributed by atoms with Crippen LogP contribution in [0.1, 0.15) is 39.7 Å². The van der Waals surface area contributed by atoms with Crippen molar-refractivity contribution in [2.24, 2.45) is 0 Å². The molecule has 2 N–H and O–H groups in total. The minimum atomic E-state index is -3.67. The Hall–Kier alpha value is -2.49. The van der Waals surface area contributed by atoms with Crippen LogP contribution in [0.2, 0.25) is 0 Å². The lowest BCUT2D eigenvalue weighted by Gasteiger charge is -2.08. The number of thiazole rings is 1. The molecule has 0 bridgehead atoms. The molecule has 0 saturated heterocycles. The summed E-state index contributed by atoms with van der Waals surface area (Å²) in [4.78, 5) is 16.7. The zero-order valence-corrected chi connectivity index (χ0v) is 17.7. The first-order valence-electron chi connectivity index (χ1n) is 9.25. The third-order valence-corrected chi connectivity index (χ3v) is 6.66. The van der Waals surface area contributed by atoms with Crippen LogP contribution in [0.25, 0.3) is 0 Å². The number of benzene rings is 1. The van der Waals surface area contributed by atoms with E-state index >= 15 is 0 Å². The molecule has 7 nitrogen and oxygen atoms in total. The average molecular weight is 434 g/mol. The molecule has 0 aliphatic heterocycles. The summed E-state index contributed by atoms with van der Waals surface area (Å²) in [5.41, 5.74) is 1.46. The quantitative estimate of drug-likeness (QED) is 0.478. The van der Waals surface area contributed by atoms with Crippen LogP contribution in [0.15, 0.2) is 57.4 Å². The summed E-state index contributed by atoms with van der Waals surface area (Å²) >= 11 is 1.66. The van der Waals surface area contributed by atoms with E-state index in [9.17, 15) is 13.2 Å². The summed E-state index contributed by atoms with van der Waals surface area (Å²) in [6, 6.07) is 9.24. The van der Waals surface area contributed by atoms with Crippen molar-refractivity contribution in [3.8, 4) is 0 Å². The third-order valence-electron chi connectivity index (χ3n) is 4.21. The zero-order chi connectivity index (χ0) is 20.7. The highest BCUT2D eigenvalue weighted by atomic mass is 32.2. The number of carbonyl (C=O) groups is 1. The molecular weight excluding hydrogens is 410 g/mol. The number of nitrogens with one attached hydrogen (secondary N) is 2. The number of sulfonamides is 1. The molecule has 0 unspecified atom stereocenters. The number of rotatable bonds is 10. The van der Waals surface area contributed by atoms with Gasteiger partial charge in [-0.3, -0.25) is 4.79 Å². The summed E-state index contributed by atoms with van der Waals surface area (Å²) < 4.78 is 32.2. The Morgan fingerprint density at radius 2 is 1.97 bits per heavy atom. The van der Waals surface area contributed by atoms with Gasteiger partial charge in [-0.2, -0.15) is 0 Å². The van der Waals surface area contributed by atoms with Gasteiger partial charge in [-0.05, 0) is 62.6 Å². The Balaban J connectivity index is 1.44. The minimum absolute atomic E-state index is 0.0676. The largest absolute Gasteiger partial charge is 0.468 e. The summed E-state index contributed by atoms with van der Waals surface area (Å²) in [6.07, 6.45) is 4.20. The molecule has 0 radical (unpaired) electrons. The van der Waals surface area contributed by atoms with Gasteiger partial charge >= 0.3 is 0 Å². The Labute approximate surface area is 174 Å². The highest BCUT2D eigenvalue weighted by Crippen LogP contribution is 2.13. The summed E-state index contributed by atoms with van der Waals surface area (Å²) in [5.74, 6) is 0.303. The van der Waals surface area contributed by atoms with Crippen molar-refractivity contribution in [1.82, 2.24) is 15.0 Å². The van der Waals surface area contributed by atoms with Crippen molar-refractivity contribution >= 4 is 27.3 Å². The predicted molar refractivity (Wildman–Crippen MR) is 111 cm³/mol. The lowest BCUT2D eigenvalue weighted by atomic mass is 10.2. The first kappa shape index (κ1) is 21.2. The lowest BCUT2D eigenvalue weighted by molar-refractivity contribution is 0.0953. The van der Waals surface area contributed by atoms with Crippen molar-refractivity contribution in [2.75, 3.05) is 6.54 Å². The van der Waals surface area contributed by atoms with Gasteiger partial charge in [0.15, 0.2) is 0 Å². The molecule has 2 aromatic heterocycles. The van der Waals surface area contributed by atoms with Crippen LogP contribution in [-0.2, 0) is 23.0 Å². The molecule has 3 rings (SSSR count). The number of carbonyl (C=O) groups excluding carboxylic acids is 1. The number of unbranched alkanes of at least 4 members (excludes halogenated alkanes) is 1. The standard InChI is InChI=1S/C20H23N3O4S2/c1-15-14-28-19(23-15)6-2-3-11-21-20(24)16-7-9-18(10-8-16)29(25,26)22-13-17-5-4-12-27-17/h4-5,7-10,12,14,22H,2-3,6,11,13H2,1H3,(H,21,24). The van der Waals surface area contributed by atoms with E-state index in [1.54, 1.807) is 23.5 Å². The third kappa shape index (κ3) is 6.25. The van der Waals surface area contributed by atoms with E-state index in [1.807, 2.05) is 12.3 Å². The van der Waals surface area contributed by atoms with Gasteiger partial charge < -0.3 is 9.73 Å². The first-order valence-corrected chi connectivity index (χ1v) is 11.6. The predicted octanol–water partition coefficient (Wildman–Crippen LogP) is 3.28. The second-order valence-corrected chi connectivity index (χ2v) is 9.23. The van der Waals surface area contributed by atoms with Crippen molar-refractivity contribution < 1.29 is 17.6 Å². The van der Waals surface area contributed by atoms with E-state index in [4.69, 9.17) is 4.42 Å². The highest BCUT2D eigenvalue weighted by molar-refractivity contribution is 7.89. The fraction of sp³-hybridized carbons (Fsp3) is 0.300. The zero-order valence-electron chi connectivity index (χ0n) is 16.1. The second-order valence-electron chi connectivity index (χ2n) is 6.52. The van der Waals surface area contributed by atoms with E-state index in [1.165, 1.54) is 30.5 Å². The Bertz CT molecular complexity index is 1030. The van der Waals surface area contributed by atoms with Crippen LogP contribution in [-0.4, -0.2) is 25.9 Å². The smallest absolute Gasteiger partial charge is 0.251 e. The van der Waals surface area contributed by atoms with Crippen LogP contribution in [0, 0.1) is 6.92 Å². The van der Waals surface area contributed by atoms with Gasteiger partial charge in [0.05, 0.1) is 22.7 Å². The number of hydrogen-bond acceptors (Lipinski definition) is 6. The van der Waals surface area contributed by atoms with Crippen LogP contribution < -0.4 is 10.0 Å². The Morgan fingerprint density at radius 3 is 2.62 bits per heavy atom. The van der Waals surface area contributed by atoms with Gasteiger partial charge in [0.1, 0.15) is 5.76 Å². The molecule has 0 saturated carbocycles. The number of hydrogen-bond donors (Lipinski definition) is 2. The Morgan fingerprint density at radius 1 is 1.17 bits per heavy atom. The minimum Gasteiger partial charge on any atom is -0.468 e. The van der Waals surface area contributed by atoms with E-state index < -0.39 is 10.0 Å². The highest BCUT2D eigenvalue weighted by Gasteiger charge is 2.15. The Kier molecular flexibility index (Phi) is 7.18. The van der Waals surface area contributed by atoms with E-state index in [0.29, 0.717) is 17.9 Å². The monoisotopic (exact) mass is 433 g/mol. The fourth-order valence-electron chi connectivity index (χ4n) is 2.67. The molecule has 0 spiro atoms. The number of furan rings is 1. The molecule has 154 valence electrons. The number of aryl methyl sites for hydroxylation is 2. The van der Waals surface area contributed by atoms with Crippen molar-refractivity contribution in [1.29, 1.82) is 0 Å². The van der Waals surface area contributed by atoms with Crippen LogP contribution in [0.4, 0.5) is 0 Å². The van der Waals surface area contributed by atoms with Crippen LogP contribution in [0.5, 0.6) is 0 Å². The maximum atomic E-state index is 12.3. The van der Waals surface area contributed by atoms with Crippen molar-refractivity contribution in [3.05, 3.63) is 70.1 Å². The number of aromatic nitrogens is 1. The molecule has 0 aliphatic rings. The SMILES string of the molecule is Cc1csc(CCCCNC(=O)c2ccc(S(=O)(=O)NCc3ccco3)cc2)n1. The lowest BCUT2D eigenvalue weighted by Crippen LogP contribution is -2.25. The molecule has 2 heterocycles. The normalized spacial score (nSPS) is 11.5. The molecule has 3 aromatic rings. The van der Waals surface area contributed by atoms with E-state index in [-0.39, 0.29) is 17.3 Å². The molecule has 1 amide bonds. The van der Waals surface area contributed by atoms with Crippen molar-refractivity contribution in [2.45, 2.75) is 37.6 Å². The molecule has 0 fully saturated rings. The maximum absolute atomic E-state index is 12.3. The molecule has 0 atom stereocenters. The number of amides is 1. The van der Waals surface area contributed by atoms with Gasteiger partial charge in [0.25, 0.3) is 5.91 Å². The molecule has 29 heavy (non-hydrogen) atoms. The maximum Gasteiger partial charge on any atom is 0.251 e. The van der Waals surface area contributed by atoms with Gasteiger partial charge in [0.2, 0.25) is 10.0 Å². The molecule has 0 aliphatic carbocycles.